The van der Waals surface area contributed by atoms with Gasteiger partial charge in [0, 0.05) is 28.6 Å². The summed E-state index contributed by atoms with van der Waals surface area (Å²) in [6, 6.07) is 25.0. The monoisotopic (exact) mass is 404 g/mol. The van der Waals surface area contributed by atoms with E-state index in [2.05, 4.69) is 60.0 Å². The number of hydrogen-bond donors (Lipinski definition) is 2. The van der Waals surface area contributed by atoms with Crippen molar-refractivity contribution in [3.8, 4) is 0 Å². The second-order valence-corrected chi connectivity index (χ2v) is 7.66. The zero-order valence-corrected chi connectivity index (χ0v) is 17.4. The summed E-state index contributed by atoms with van der Waals surface area (Å²) in [5, 5.41) is 11.4. The summed E-state index contributed by atoms with van der Waals surface area (Å²) in [6.45, 7) is 2.06. The van der Waals surface area contributed by atoms with Crippen LogP contribution in [0.3, 0.4) is 0 Å². The summed E-state index contributed by atoms with van der Waals surface area (Å²) in [5.41, 5.74) is 11.9. The predicted octanol–water partition coefficient (Wildman–Crippen LogP) is 6.24. The van der Waals surface area contributed by atoms with E-state index in [1.807, 2.05) is 53.3 Å². The Kier molecular flexibility index (Phi) is 4.77. The molecule has 0 amide bonds. The average molecular weight is 405 g/mol. The van der Waals surface area contributed by atoms with Crippen LogP contribution >= 0.6 is 0 Å². The molecule has 4 heteroatoms. The van der Waals surface area contributed by atoms with Crippen LogP contribution in [0, 0.1) is 12.3 Å². The fourth-order valence-electron chi connectivity index (χ4n) is 4.46. The number of aryl methyl sites for hydroxylation is 1. The first-order valence-electron chi connectivity index (χ1n) is 10.4. The molecule has 2 heterocycles. The van der Waals surface area contributed by atoms with Crippen LogP contribution in [0.25, 0.3) is 38.9 Å². The number of fused-ring (bicyclic) bond motifs is 4. The number of benzene rings is 3. The number of nitrogens with two attached hydrogens (primary N) is 1. The fraction of sp³-hybridized carbons (Fsp3) is 0.0741. The van der Waals surface area contributed by atoms with E-state index < -0.39 is 0 Å². The molecule has 5 rings (SSSR count). The highest BCUT2D eigenvalue weighted by Crippen LogP contribution is 2.30. The zero-order chi connectivity index (χ0) is 21.4. The van der Waals surface area contributed by atoms with Crippen LogP contribution in [0.4, 0.5) is 0 Å². The highest BCUT2D eigenvalue weighted by atomic mass is 15.1. The molecular formula is C27H24N4. The predicted molar refractivity (Wildman–Crippen MR) is 132 cm³/mol. The van der Waals surface area contributed by atoms with Crippen molar-refractivity contribution in [3.05, 3.63) is 102 Å². The maximum Gasteiger partial charge on any atom is 0.101 e. The lowest BCUT2D eigenvalue weighted by atomic mass is 10.1. The van der Waals surface area contributed by atoms with Gasteiger partial charge in [-0.3, -0.25) is 0 Å². The fourth-order valence-corrected chi connectivity index (χ4v) is 4.46. The molecule has 0 aliphatic rings. The second-order valence-electron chi connectivity index (χ2n) is 7.66. The minimum absolute atomic E-state index is 0.292. The highest BCUT2D eigenvalue weighted by Gasteiger charge is 2.13. The van der Waals surface area contributed by atoms with Crippen LogP contribution in [-0.4, -0.2) is 15.3 Å². The van der Waals surface area contributed by atoms with Gasteiger partial charge in [0.05, 0.1) is 22.2 Å². The van der Waals surface area contributed by atoms with Crippen molar-refractivity contribution in [2.75, 3.05) is 0 Å². The van der Waals surface area contributed by atoms with E-state index >= 15 is 0 Å². The molecule has 4 nitrogen and oxygen atoms in total. The molecule has 5 aromatic rings. The van der Waals surface area contributed by atoms with Gasteiger partial charge >= 0.3 is 0 Å². The lowest BCUT2D eigenvalue weighted by Crippen LogP contribution is -2.15. The van der Waals surface area contributed by atoms with Crippen molar-refractivity contribution in [1.82, 2.24) is 9.13 Å². The van der Waals surface area contributed by atoms with Crippen molar-refractivity contribution in [2.24, 2.45) is 5.73 Å². The minimum atomic E-state index is -0.292. The second kappa shape index (κ2) is 7.74. The number of hydrogen-bond acceptors (Lipinski definition) is 2. The average Bonchev–Trinajstić information content (AvgIpc) is 3.29. The maximum atomic E-state index is 7.83. The Bertz CT molecular complexity index is 1430. The van der Waals surface area contributed by atoms with Gasteiger partial charge in [-0.1, -0.05) is 60.7 Å². The van der Waals surface area contributed by atoms with Crippen molar-refractivity contribution in [3.63, 3.8) is 0 Å². The Labute approximate surface area is 181 Å². The van der Waals surface area contributed by atoms with Crippen LogP contribution in [0.2, 0.25) is 0 Å². The Hall–Kier alpha value is -3.89. The summed E-state index contributed by atoms with van der Waals surface area (Å²) in [6.07, 6.45) is 9.06. The van der Waals surface area contributed by atoms with E-state index in [1.165, 1.54) is 17.0 Å². The third-order valence-electron chi connectivity index (χ3n) is 5.92. The number of nitrogens with one attached hydrogen (secondary N) is 1. The maximum absolute atomic E-state index is 7.83. The molecule has 3 N–H and O–H groups in total. The molecule has 3 aromatic carbocycles. The standard InChI is InChI=1S/C27H24N4/c1-19-20-10-2-5-13-23(20)30(26(19)18-28)17-9-8-16-27(29)31-24-14-6-3-11-21(24)22-12-4-7-15-25(22)31/h2-18,27-28H,29H2,1H3/b16-8-,17-9+,28-18?. The highest BCUT2D eigenvalue weighted by molar-refractivity contribution is 6.08. The molecular weight excluding hydrogens is 380 g/mol. The van der Waals surface area contributed by atoms with Gasteiger partial charge in [-0.2, -0.15) is 0 Å². The first-order chi connectivity index (χ1) is 15.2. The summed E-state index contributed by atoms with van der Waals surface area (Å²) in [5.74, 6) is 0. The van der Waals surface area contributed by atoms with Crippen molar-refractivity contribution >= 4 is 45.1 Å². The zero-order valence-electron chi connectivity index (χ0n) is 17.4. The van der Waals surface area contributed by atoms with Crippen LogP contribution in [0.5, 0.6) is 0 Å². The van der Waals surface area contributed by atoms with Gasteiger partial charge in [0.25, 0.3) is 0 Å². The molecule has 2 aromatic heterocycles. The SMILES string of the molecule is Cc1c(C=N)n(/C=C/C=C\C(N)n2c3ccccc3c3ccccc32)c2ccccc12. The van der Waals surface area contributed by atoms with Gasteiger partial charge < -0.3 is 20.3 Å². The lowest BCUT2D eigenvalue weighted by molar-refractivity contribution is 0.676. The number of para-hydroxylation sites is 3. The van der Waals surface area contributed by atoms with Crippen LogP contribution in [0.1, 0.15) is 17.4 Å². The van der Waals surface area contributed by atoms with Crippen molar-refractivity contribution in [2.45, 2.75) is 13.1 Å². The molecule has 0 aliphatic carbocycles. The molecule has 0 aliphatic heterocycles. The Morgan fingerprint density at radius 3 is 1.94 bits per heavy atom. The molecule has 1 atom stereocenters. The molecule has 0 fully saturated rings. The number of aromatic nitrogens is 2. The van der Waals surface area contributed by atoms with Gasteiger partial charge in [0.1, 0.15) is 6.17 Å². The van der Waals surface area contributed by atoms with Gasteiger partial charge in [0.15, 0.2) is 0 Å². The Balaban J connectivity index is 1.51. The summed E-state index contributed by atoms with van der Waals surface area (Å²) in [4.78, 5) is 0. The Morgan fingerprint density at radius 2 is 1.32 bits per heavy atom. The number of nitrogens with zero attached hydrogens (tertiary/aromatic N) is 2. The van der Waals surface area contributed by atoms with E-state index in [-0.39, 0.29) is 6.17 Å². The quantitative estimate of drug-likeness (QED) is 0.264. The Morgan fingerprint density at radius 1 is 0.774 bits per heavy atom. The minimum Gasteiger partial charge on any atom is -0.321 e. The molecule has 0 saturated carbocycles. The third kappa shape index (κ3) is 3.09. The van der Waals surface area contributed by atoms with Gasteiger partial charge in [-0.25, -0.2) is 0 Å². The lowest BCUT2D eigenvalue weighted by Gasteiger charge is -2.12. The molecule has 0 radical (unpaired) electrons. The topological polar surface area (TPSA) is 59.7 Å². The molecule has 31 heavy (non-hydrogen) atoms. The van der Waals surface area contributed by atoms with Crippen molar-refractivity contribution < 1.29 is 0 Å². The first kappa shape index (κ1) is 19.1. The van der Waals surface area contributed by atoms with Crippen LogP contribution in [0.15, 0.2) is 91.0 Å². The molecule has 1 unspecified atom stereocenters. The van der Waals surface area contributed by atoms with E-state index in [1.54, 1.807) is 0 Å². The van der Waals surface area contributed by atoms with E-state index in [0.717, 1.165) is 33.2 Å². The van der Waals surface area contributed by atoms with E-state index in [9.17, 15) is 0 Å². The first-order valence-corrected chi connectivity index (χ1v) is 10.4. The van der Waals surface area contributed by atoms with Gasteiger partial charge in [0.2, 0.25) is 0 Å². The number of rotatable bonds is 5. The van der Waals surface area contributed by atoms with E-state index in [4.69, 9.17) is 11.1 Å². The summed E-state index contributed by atoms with van der Waals surface area (Å²) < 4.78 is 4.22. The smallest absolute Gasteiger partial charge is 0.101 e. The largest absolute Gasteiger partial charge is 0.321 e. The van der Waals surface area contributed by atoms with Crippen molar-refractivity contribution in [1.29, 1.82) is 5.41 Å². The molecule has 0 saturated heterocycles. The van der Waals surface area contributed by atoms with E-state index in [0.29, 0.717) is 0 Å². The van der Waals surface area contributed by atoms with Crippen LogP contribution < -0.4 is 5.73 Å². The van der Waals surface area contributed by atoms with Crippen LogP contribution in [-0.2, 0) is 0 Å². The summed E-state index contributed by atoms with van der Waals surface area (Å²) >= 11 is 0. The molecule has 152 valence electrons. The van der Waals surface area contributed by atoms with Gasteiger partial charge in [-0.05, 0) is 42.8 Å². The normalized spacial score (nSPS) is 13.2. The third-order valence-corrected chi connectivity index (χ3v) is 5.92. The molecule has 0 spiro atoms. The van der Waals surface area contributed by atoms with Gasteiger partial charge in [-0.15, -0.1) is 0 Å². The molecule has 0 bridgehead atoms. The summed E-state index contributed by atoms with van der Waals surface area (Å²) in [7, 11) is 0. The number of allylic oxidation sites excluding steroid dienone is 2.